The lowest BCUT2D eigenvalue weighted by molar-refractivity contribution is 0.509. The molecular formula is C20H17F2NO2S. The summed E-state index contributed by atoms with van der Waals surface area (Å²) in [5.74, 6) is -1.91. The maximum atomic E-state index is 13.9. The Bertz CT molecular complexity index is 1090. The molecule has 2 N–H and O–H groups in total. The second-order valence-electron chi connectivity index (χ2n) is 6.18. The molecule has 0 aromatic heterocycles. The first-order chi connectivity index (χ1) is 12.2. The molecule has 0 aliphatic heterocycles. The van der Waals surface area contributed by atoms with Gasteiger partial charge in [0.2, 0.25) is 10.0 Å². The van der Waals surface area contributed by atoms with Gasteiger partial charge in [0.05, 0.1) is 4.90 Å². The van der Waals surface area contributed by atoms with E-state index in [-0.39, 0.29) is 4.90 Å². The van der Waals surface area contributed by atoms with Crippen LogP contribution in [0.1, 0.15) is 11.1 Å². The molecule has 0 spiro atoms. The van der Waals surface area contributed by atoms with Crippen LogP contribution in [0.15, 0.2) is 59.5 Å². The zero-order valence-electron chi connectivity index (χ0n) is 14.3. The van der Waals surface area contributed by atoms with Crippen molar-refractivity contribution in [1.29, 1.82) is 0 Å². The zero-order chi connectivity index (χ0) is 19.1. The van der Waals surface area contributed by atoms with Crippen molar-refractivity contribution in [3.63, 3.8) is 0 Å². The van der Waals surface area contributed by atoms with Crippen molar-refractivity contribution in [1.82, 2.24) is 0 Å². The Kier molecular flexibility index (Phi) is 4.64. The van der Waals surface area contributed by atoms with Gasteiger partial charge >= 0.3 is 0 Å². The van der Waals surface area contributed by atoms with Crippen LogP contribution in [0.25, 0.3) is 22.3 Å². The molecule has 3 rings (SSSR count). The normalized spacial score (nSPS) is 11.6. The molecule has 6 heteroatoms. The molecule has 26 heavy (non-hydrogen) atoms. The van der Waals surface area contributed by atoms with Crippen LogP contribution in [0, 0.1) is 25.5 Å². The molecule has 0 aliphatic rings. The van der Waals surface area contributed by atoms with Crippen LogP contribution in [0.3, 0.4) is 0 Å². The molecule has 0 unspecified atom stereocenters. The lowest BCUT2D eigenvalue weighted by Gasteiger charge is -2.13. The van der Waals surface area contributed by atoms with Crippen LogP contribution in [-0.4, -0.2) is 8.42 Å². The maximum Gasteiger partial charge on any atom is 0.238 e. The summed E-state index contributed by atoms with van der Waals surface area (Å²) in [6.07, 6.45) is 0. The Morgan fingerprint density at radius 3 is 1.73 bits per heavy atom. The topological polar surface area (TPSA) is 60.2 Å². The second-order valence-corrected chi connectivity index (χ2v) is 7.74. The van der Waals surface area contributed by atoms with Gasteiger partial charge in [0.1, 0.15) is 0 Å². The van der Waals surface area contributed by atoms with E-state index in [0.29, 0.717) is 16.7 Å². The van der Waals surface area contributed by atoms with Gasteiger partial charge in [-0.1, -0.05) is 30.3 Å². The quantitative estimate of drug-likeness (QED) is 0.731. The first-order valence-electron chi connectivity index (χ1n) is 7.87. The van der Waals surface area contributed by atoms with Crippen LogP contribution in [0.4, 0.5) is 8.78 Å². The minimum Gasteiger partial charge on any atom is -0.225 e. The predicted molar refractivity (Wildman–Crippen MR) is 98.1 cm³/mol. The van der Waals surface area contributed by atoms with E-state index in [9.17, 15) is 17.2 Å². The SMILES string of the molecule is Cc1ccc(-c2cc(F)c(F)cc2-c2ccc(S(N)(=O)=O)cc2)cc1C. The highest BCUT2D eigenvalue weighted by Crippen LogP contribution is 2.35. The molecule has 0 atom stereocenters. The number of primary sulfonamides is 1. The molecular weight excluding hydrogens is 356 g/mol. The monoisotopic (exact) mass is 373 g/mol. The highest BCUT2D eigenvalue weighted by atomic mass is 32.2. The van der Waals surface area contributed by atoms with Crippen LogP contribution in [0.5, 0.6) is 0 Å². The van der Waals surface area contributed by atoms with E-state index in [1.54, 1.807) is 0 Å². The van der Waals surface area contributed by atoms with Crippen molar-refractivity contribution in [2.45, 2.75) is 18.7 Å². The summed E-state index contributed by atoms with van der Waals surface area (Å²) in [5, 5.41) is 5.10. The van der Waals surface area contributed by atoms with Crippen molar-refractivity contribution in [2.24, 2.45) is 5.14 Å². The summed E-state index contributed by atoms with van der Waals surface area (Å²) < 4.78 is 50.6. The minimum absolute atomic E-state index is 0.0448. The molecule has 3 aromatic rings. The molecule has 0 saturated carbocycles. The average molecular weight is 373 g/mol. The van der Waals surface area contributed by atoms with Gasteiger partial charge in [-0.05, 0) is 71.5 Å². The number of benzene rings is 3. The van der Waals surface area contributed by atoms with E-state index in [0.717, 1.165) is 28.8 Å². The Balaban J connectivity index is 2.20. The van der Waals surface area contributed by atoms with E-state index in [1.807, 2.05) is 32.0 Å². The van der Waals surface area contributed by atoms with E-state index in [1.165, 1.54) is 24.3 Å². The van der Waals surface area contributed by atoms with Crippen molar-refractivity contribution < 1.29 is 17.2 Å². The fourth-order valence-electron chi connectivity index (χ4n) is 2.76. The Morgan fingerprint density at radius 2 is 1.23 bits per heavy atom. The Labute approximate surface area is 151 Å². The summed E-state index contributed by atoms with van der Waals surface area (Å²) in [4.78, 5) is -0.0448. The van der Waals surface area contributed by atoms with E-state index in [2.05, 4.69) is 0 Å². The summed E-state index contributed by atoms with van der Waals surface area (Å²) >= 11 is 0. The average Bonchev–Trinajstić information content (AvgIpc) is 2.59. The fourth-order valence-corrected chi connectivity index (χ4v) is 3.27. The smallest absolute Gasteiger partial charge is 0.225 e. The first-order valence-corrected chi connectivity index (χ1v) is 9.41. The Hall–Kier alpha value is -2.57. The Morgan fingerprint density at radius 1 is 0.731 bits per heavy atom. The van der Waals surface area contributed by atoms with Gasteiger partial charge in [0, 0.05) is 0 Å². The lowest BCUT2D eigenvalue weighted by Crippen LogP contribution is -2.11. The number of aryl methyl sites for hydroxylation is 2. The predicted octanol–water partition coefficient (Wildman–Crippen LogP) is 4.56. The largest absolute Gasteiger partial charge is 0.238 e. The van der Waals surface area contributed by atoms with Crippen LogP contribution in [-0.2, 0) is 10.0 Å². The number of nitrogens with two attached hydrogens (primary N) is 1. The fraction of sp³-hybridized carbons (Fsp3) is 0.100. The van der Waals surface area contributed by atoms with Gasteiger partial charge in [-0.25, -0.2) is 22.3 Å². The van der Waals surface area contributed by atoms with Crippen molar-refractivity contribution >= 4 is 10.0 Å². The molecule has 3 nitrogen and oxygen atoms in total. The molecule has 134 valence electrons. The van der Waals surface area contributed by atoms with E-state index in [4.69, 9.17) is 5.14 Å². The number of sulfonamides is 1. The lowest BCUT2D eigenvalue weighted by atomic mass is 9.92. The molecule has 0 aliphatic carbocycles. The molecule has 0 saturated heterocycles. The van der Waals surface area contributed by atoms with Crippen LogP contribution < -0.4 is 5.14 Å². The van der Waals surface area contributed by atoms with Gasteiger partial charge in [0.25, 0.3) is 0 Å². The van der Waals surface area contributed by atoms with Gasteiger partial charge < -0.3 is 0 Å². The summed E-state index contributed by atoms with van der Waals surface area (Å²) in [6, 6.07) is 13.7. The van der Waals surface area contributed by atoms with Gasteiger partial charge in [-0.3, -0.25) is 0 Å². The summed E-state index contributed by atoms with van der Waals surface area (Å²) in [7, 11) is -3.82. The highest BCUT2D eigenvalue weighted by molar-refractivity contribution is 7.89. The van der Waals surface area contributed by atoms with Gasteiger partial charge in [0.15, 0.2) is 11.6 Å². The van der Waals surface area contributed by atoms with Gasteiger partial charge in [-0.15, -0.1) is 0 Å². The van der Waals surface area contributed by atoms with Crippen LogP contribution >= 0.6 is 0 Å². The number of hydrogen-bond acceptors (Lipinski definition) is 2. The molecule has 0 bridgehead atoms. The standard InChI is InChI=1S/C20H17F2NO2S/c1-12-3-4-15(9-13(12)2)18-11-20(22)19(21)10-17(18)14-5-7-16(8-6-14)26(23,24)25/h3-11H,1-2H3,(H2,23,24,25). The summed E-state index contributed by atoms with van der Waals surface area (Å²) in [5.41, 5.74) is 4.42. The zero-order valence-corrected chi connectivity index (χ0v) is 15.1. The third-order valence-corrected chi connectivity index (χ3v) is 5.30. The molecule has 0 amide bonds. The van der Waals surface area contributed by atoms with Crippen molar-refractivity contribution in [2.75, 3.05) is 0 Å². The number of rotatable bonds is 3. The second kappa shape index (κ2) is 6.63. The van der Waals surface area contributed by atoms with Crippen molar-refractivity contribution in [3.05, 3.63) is 77.4 Å². The van der Waals surface area contributed by atoms with E-state index < -0.39 is 21.7 Å². The molecule has 0 heterocycles. The van der Waals surface area contributed by atoms with Crippen molar-refractivity contribution in [3.8, 4) is 22.3 Å². The third-order valence-electron chi connectivity index (χ3n) is 4.37. The molecule has 0 fully saturated rings. The molecule has 3 aromatic carbocycles. The maximum absolute atomic E-state index is 13.9. The van der Waals surface area contributed by atoms with E-state index >= 15 is 0 Å². The third kappa shape index (κ3) is 3.52. The van der Waals surface area contributed by atoms with Crippen LogP contribution in [0.2, 0.25) is 0 Å². The minimum atomic E-state index is -3.82. The summed E-state index contributed by atoms with van der Waals surface area (Å²) in [6.45, 7) is 3.91. The highest BCUT2D eigenvalue weighted by Gasteiger charge is 2.15. The number of halogens is 2. The van der Waals surface area contributed by atoms with Gasteiger partial charge in [-0.2, -0.15) is 0 Å². The number of hydrogen-bond donors (Lipinski definition) is 1. The molecule has 0 radical (unpaired) electrons. The first kappa shape index (κ1) is 18.2.